The molecular formula is C21H27NO3. The molecule has 0 N–H and O–H groups in total. The number of ether oxygens (including phenoxy) is 2. The first-order valence-electron chi connectivity index (χ1n) is 8.57. The third kappa shape index (κ3) is 6.24. The Kier molecular flexibility index (Phi) is 7.02. The van der Waals surface area contributed by atoms with Gasteiger partial charge in [0.15, 0.2) is 0 Å². The van der Waals surface area contributed by atoms with Crippen molar-refractivity contribution in [3.63, 3.8) is 0 Å². The Morgan fingerprint density at radius 2 is 1.64 bits per heavy atom. The zero-order valence-electron chi connectivity index (χ0n) is 15.4. The van der Waals surface area contributed by atoms with E-state index in [2.05, 4.69) is 0 Å². The molecule has 4 nitrogen and oxygen atoms in total. The first kappa shape index (κ1) is 19.0. The van der Waals surface area contributed by atoms with E-state index in [0.717, 1.165) is 16.9 Å². The van der Waals surface area contributed by atoms with Crippen LogP contribution in [0.5, 0.6) is 5.75 Å². The lowest BCUT2D eigenvalue weighted by atomic mass is 9.98. The van der Waals surface area contributed by atoms with Crippen molar-refractivity contribution in [2.75, 3.05) is 20.6 Å². The molecule has 0 saturated carbocycles. The van der Waals surface area contributed by atoms with Gasteiger partial charge in [0.2, 0.25) is 0 Å². The van der Waals surface area contributed by atoms with E-state index in [0.29, 0.717) is 13.2 Å². The summed E-state index contributed by atoms with van der Waals surface area (Å²) in [6.45, 7) is 4.86. The molecule has 2 aromatic rings. The van der Waals surface area contributed by atoms with E-state index in [1.54, 1.807) is 0 Å². The number of esters is 1. The van der Waals surface area contributed by atoms with Crippen LogP contribution in [-0.4, -0.2) is 37.6 Å². The Morgan fingerprint density at radius 3 is 2.20 bits per heavy atom. The number of carbonyl (C=O) groups is 1. The van der Waals surface area contributed by atoms with E-state index >= 15 is 0 Å². The van der Waals surface area contributed by atoms with Crippen LogP contribution in [0.15, 0.2) is 54.6 Å². The molecule has 0 fully saturated rings. The Morgan fingerprint density at radius 1 is 1.00 bits per heavy atom. The zero-order chi connectivity index (χ0) is 18.2. The van der Waals surface area contributed by atoms with Gasteiger partial charge in [-0.1, -0.05) is 42.5 Å². The van der Waals surface area contributed by atoms with Crippen molar-refractivity contribution in [1.29, 1.82) is 0 Å². The maximum atomic E-state index is 12.4. The van der Waals surface area contributed by atoms with Crippen LogP contribution in [0.2, 0.25) is 0 Å². The Hall–Kier alpha value is -2.33. The minimum Gasteiger partial charge on any atom is -0.489 e. The Balaban J connectivity index is 2.05. The van der Waals surface area contributed by atoms with E-state index in [4.69, 9.17) is 9.47 Å². The molecule has 0 radical (unpaired) electrons. The molecule has 2 aromatic carbocycles. The van der Waals surface area contributed by atoms with Crippen LogP contribution in [0.25, 0.3) is 0 Å². The molecule has 1 unspecified atom stereocenters. The average Bonchev–Trinajstić information content (AvgIpc) is 2.58. The largest absolute Gasteiger partial charge is 0.489 e. The summed E-state index contributed by atoms with van der Waals surface area (Å²) in [6.07, 6.45) is -0.120. The van der Waals surface area contributed by atoms with Crippen molar-refractivity contribution in [3.05, 3.63) is 65.7 Å². The fourth-order valence-electron chi connectivity index (χ4n) is 2.53. The first-order chi connectivity index (χ1) is 12.0. The summed E-state index contributed by atoms with van der Waals surface area (Å²) in [6, 6.07) is 17.7. The van der Waals surface area contributed by atoms with Gasteiger partial charge in [0, 0.05) is 6.54 Å². The van der Waals surface area contributed by atoms with Gasteiger partial charge in [-0.15, -0.1) is 0 Å². The molecule has 0 aliphatic carbocycles. The lowest BCUT2D eigenvalue weighted by Crippen LogP contribution is -2.29. The number of hydrogen-bond donors (Lipinski definition) is 0. The van der Waals surface area contributed by atoms with E-state index in [9.17, 15) is 4.79 Å². The molecular weight excluding hydrogens is 314 g/mol. The summed E-state index contributed by atoms with van der Waals surface area (Å²) in [5, 5.41) is 0. The second kappa shape index (κ2) is 9.23. The summed E-state index contributed by atoms with van der Waals surface area (Å²) < 4.78 is 11.2. The molecule has 0 aromatic heterocycles. The number of rotatable bonds is 8. The van der Waals surface area contributed by atoms with E-state index in [-0.39, 0.29) is 18.0 Å². The van der Waals surface area contributed by atoms with Crippen LogP contribution in [0.1, 0.15) is 30.9 Å². The van der Waals surface area contributed by atoms with Crippen LogP contribution in [0.4, 0.5) is 0 Å². The molecule has 0 amide bonds. The normalized spacial score (nSPS) is 12.2. The molecule has 25 heavy (non-hydrogen) atoms. The Labute approximate surface area is 150 Å². The van der Waals surface area contributed by atoms with Gasteiger partial charge in [-0.3, -0.25) is 4.79 Å². The number of nitrogens with zero attached hydrogens (tertiary/aromatic N) is 1. The zero-order valence-corrected chi connectivity index (χ0v) is 15.4. The van der Waals surface area contributed by atoms with Crippen LogP contribution in [0.3, 0.4) is 0 Å². The second-order valence-electron chi connectivity index (χ2n) is 6.64. The van der Waals surface area contributed by atoms with E-state index < -0.39 is 0 Å². The predicted octanol–water partition coefficient (Wildman–Crippen LogP) is 3.86. The summed E-state index contributed by atoms with van der Waals surface area (Å²) >= 11 is 0. The quantitative estimate of drug-likeness (QED) is 0.684. The molecule has 1 atom stereocenters. The van der Waals surface area contributed by atoms with Crippen molar-refractivity contribution in [2.45, 2.75) is 32.5 Å². The van der Waals surface area contributed by atoms with Gasteiger partial charge in [0.25, 0.3) is 0 Å². The van der Waals surface area contributed by atoms with Crippen LogP contribution < -0.4 is 4.74 Å². The minimum absolute atomic E-state index is 0.120. The third-order valence-corrected chi connectivity index (χ3v) is 3.71. The van der Waals surface area contributed by atoms with Crippen molar-refractivity contribution in [2.24, 2.45) is 0 Å². The van der Waals surface area contributed by atoms with Crippen LogP contribution >= 0.6 is 0 Å². The molecule has 0 spiro atoms. The Bertz CT molecular complexity index is 651. The van der Waals surface area contributed by atoms with Gasteiger partial charge in [-0.2, -0.15) is 0 Å². The van der Waals surface area contributed by atoms with Crippen LogP contribution in [-0.2, 0) is 16.1 Å². The van der Waals surface area contributed by atoms with Crippen molar-refractivity contribution in [3.8, 4) is 5.75 Å². The van der Waals surface area contributed by atoms with Crippen molar-refractivity contribution >= 4 is 5.97 Å². The van der Waals surface area contributed by atoms with Gasteiger partial charge < -0.3 is 14.4 Å². The molecule has 2 rings (SSSR count). The number of likely N-dealkylation sites (N-methyl/N-ethyl adjacent to an activating group) is 1. The van der Waals surface area contributed by atoms with Gasteiger partial charge >= 0.3 is 5.97 Å². The number of benzene rings is 2. The van der Waals surface area contributed by atoms with Gasteiger partial charge in [-0.05, 0) is 51.2 Å². The monoisotopic (exact) mass is 341 g/mol. The number of hydrogen-bond acceptors (Lipinski definition) is 4. The van der Waals surface area contributed by atoms with Gasteiger partial charge in [0.1, 0.15) is 12.4 Å². The smallest absolute Gasteiger partial charge is 0.314 e. The summed E-state index contributed by atoms with van der Waals surface area (Å²) in [7, 11) is 3.90. The van der Waals surface area contributed by atoms with E-state index in [1.165, 1.54) is 0 Å². The third-order valence-electron chi connectivity index (χ3n) is 3.71. The van der Waals surface area contributed by atoms with Crippen molar-refractivity contribution < 1.29 is 14.3 Å². The highest BCUT2D eigenvalue weighted by Gasteiger charge is 2.24. The summed E-state index contributed by atoms with van der Waals surface area (Å²) in [5.74, 6) is 0.288. The van der Waals surface area contributed by atoms with Gasteiger partial charge in [-0.25, -0.2) is 0 Å². The molecule has 0 heterocycles. The highest BCUT2D eigenvalue weighted by Crippen LogP contribution is 2.23. The number of carbonyl (C=O) groups excluding carboxylic acids is 1. The topological polar surface area (TPSA) is 38.8 Å². The lowest BCUT2D eigenvalue weighted by molar-refractivity contribution is -0.149. The molecule has 134 valence electrons. The maximum absolute atomic E-state index is 12.4. The predicted molar refractivity (Wildman–Crippen MR) is 99.7 cm³/mol. The molecule has 0 aliphatic heterocycles. The summed E-state index contributed by atoms with van der Waals surface area (Å²) in [5.41, 5.74) is 2.06. The maximum Gasteiger partial charge on any atom is 0.314 e. The highest BCUT2D eigenvalue weighted by molar-refractivity contribution is 5.78. The van der Waals surface area contributed by atoms with E-state index in [1.807, 2.05) is 87.4 Å². The molecule has 0 aliphatic rings. The molecule has 0 bridgehead atoms. The van der Waals surface area contributed by atoms with Gasteiger partial charge in [0.05, 0.1) is 12.0 Å². The molecule has 0 saturated heterocycles. The van der Waals surface area contributed by atoms with Crippen LogP contribution in [0, 0.1) is 0 Å². The average molecular weight is 341 g/mol. The highest BCUT2D eigenvalue weighted by atomic mass is 16.5. The fourth-order valence-corrected chi connectivity index (χ4v) is 2.53. The standard InChI is InChI=1S/C21H27NO3/c1-16(2)25-21(23)20(14-22(3)4)18-10-12-19(13-11-18)24-15-17-8-6-5-7-9-17/h5-13,16,20H,14-15H2,1-4H3. The summed E-state index contributed by atoms with van der Waals surface area (Å²) in [4.78, 5) is 14.4. The van der Waals surface area contributed by atoms with Crippen molar-refractivity contribution in [1.82, 2.24) is 4.90 Å². The molecule has 4 heteroatoms. The minimum atomic E-state index is -0.305. The second-order valence-corrected chi connectivity index (χ2v) is 6.64. The lowest BCUT2D eigenvalue weighted by Gasteiger charge is -2.21. The first-order valence-corrected chi connectivity index (χ1v) is 8.57. The fraction of sp³-hybridized carbons (Fsp3) is 0.381. The SMILES string of the molecule is CC(C)OC(=O)C(CN(C)C)c1ccc(OCc2ccccc2)cc1.